The fraction of sp³-hybridized carbons (Fsp3) is 0.529. The minimum atomic E-state index is 0.314. The first-order valence-electron chi connectivity index (χ1n) is 8.56. The molecule has 3 N–H and O–H groups in total. The van der Waals surface area contributed by atoms with Crippen molar-refractivity contribution in [3.8, 4) is 5.75 Å². The number of aromatic nitrogens is 3. The van der Waals surface area contributed by atoms with Gasteiger partial charge in [-0.25, -0.2) is 15.1 Å². The van der Waals surface area contributed by atoms with Gasteiger partial charge in [-0.05, 0) is 24.1 Å². The molecule has 0 saturated carbocycles. The van der Waals surface area contributed by atoms with Gasteiger partial charge in [-0.2, -0.15) is 5.10 Å². The van der Waals surface area contributed by atoms with Gasteiger partial charge in [0.1, 0.15) is 17.9 Å². The molecule has 0 aliphatic carbocycles. The predicted molar refractivity (Wildman–Crippen MR) is 90.5 cm³/mol. The van der Waals surface area contributed by atoms with E-state index in [4.69, 9.17) is 4.74 Å². The molecule has 2 aromatic rings. The predicted octanol–water partition coefficient (Wildman–Crippen LogP) is 0.656. The lowest BCUT2D eigenvalue weighted by atomic mass is 9.94. The molecule has 1 aromatic heterocycles. The average Bonchev–Trinajstić information content (AvgIpc) is 3.28. The van der Waals surface area contributed by atoms with Crippen molar-refractivity contribution in [2.45, 2.75) is 31.5 Å². The Morgan fingerprint density at radius 1 is 1.33 bits per heavy atom. The number of rotatable bonds is 5. The quantitative estimate of drug-likeness (QED) is 0.748. The first-order valence-corrected chi connectivity index (χ1v) is 8.56. The van der Waals surface area contributed by atoms with Crippen LogP contribution in [0.15, 0.2) is 30.6 Å². The third-order valence-electron chi connectivity index (χ3n) is 5.04. The molecule has 1 aromatic carbocycles. The van der Waals surface area contributed by atoms with Crippen LogP contribution in [0.1, 0.15) is 23.9 Å². The van der Waals surface area contributed by atoms with Crippen LogP contribution >= 0.6 is 0 Å². The van der Waals surface area contributed by atoms with Crippen LogP contribution in [0.4, 0.5) is 0 Å². The smallest absolute Gasteiger partial charge is 0.138 e. The molecule has 0 bridgehead atoms. The third-order valence-corrected chi connectivity index (χ3v) is 5.04. The van der Waals surface area contributed by atoms with Crippen molar-refractivity contribution in [2.75, 3.05) is 20.2 Å². The maximum atomic E-state index is 5.25. The van der Waals surface area contributed by atoms with E-state index in [2.05, 4.69) is 38.4 Å². The highest BCUT2D eigenvalue weighted by molar-refractivity contribution is 5.30. The Morgan fingerprint density at radius 2 is 2.21 bits per heavy atom. The monoisotopic (exact) mass is 328 g/mol. The van der Waals surface area contributed by atoms with E-state index < -0.39 is 0 Å². The van der Waals surface area contributed by atoms with Crippen LogP contribution in [0.25, 0.3) is 0 Å². The fourth-order valence-electron chi connectivity index (χ4n) is 3.61. The minimum absolute atomic E-state index is 0.314. The summed E-state index contributed by atoms with van der Waals surface area (Å²) in [6.45, 7) is 2.85. The van der Waals surface area contributed by atoms with Gasteiger partial charge in [0.2, 0.25) is 0 Å². The van der Waals surface area contributed by atoms with Gasteiger partial charge in [0.05, 0.1) is 19.7 Å². The van der Waals surface area contributed by atoms with E-state index in [1.54, 1.807) is 13.4 Å². The molecule has 1 saturated heterocycles. The molecule has 4 rings (SSSR count). The van der Waals surface area contributed by atoms with Gasteiger partial charge >= 0.3 is 0 Å². The molecule has 0 spiro atoms. The second-order valence-electron chi connectivity index (χ2n) is 6.54. The van der Waals surface area contributed by atoms with Gasteiger partial charge in [0, 0.05) is 31.5 Å². The van der Waals surface area contributed by atoms with Crippen LogP contribution in [0.2, 0.25) is 0 Å². The molecule has 24 heavy (non-hydrogen) atoms. The van der Waals surface area contributed by atoms with Crippen molar-refractivity contribution in [3.63, 3.8) is 0 Å². The molecule has 2 aliphatic rings. The summed E-state index contributed by atoms with van der Waals surface area (Å²) in [4.78, 5) is 4.29. The van der Waals surface area contributed by atoms with E-state index in [1.807, 2.05) is 16.8 Å². The van der Waals surface area contributed by atoms with Crippen LogP contribution < -0.4 is 20.9 Å². The third kappa shape index (κ3) is 3.15. The number of hydrazine groups is 1. The molecule has 7 heteroatoms. The number of aryl methyl sites for hydroxylation is 1. The first kappa shape index (κ1) is 15.6. The zero-order chi connectivity index (χ0) is 16.4. The second-order valence-corrected chi connectivity index (χ2v) is 6.54. The second kappa shape index (κ2) is 6.88. The van der Waals surface area contributed by atoms with Gasteiger partial charge in [-0.15, -0.1) is 0 Å². The number of methoxy groups -OCH3 is 1. The summed E-state index contributed by atoms with van der Waals surface area (Å²) in [6.07, 6.45) is 3.78. The molecule has 7 nitrogen and oxygen atoms in total. The van der Waals surface area contributed by atoms with Gasteiger partial charge in [-0.3, -0.25) is 5.43 Å². The highest BCUT2D eigenvalue weighted by Gasteiger charge is 2.29. The maximum absolute atomic E-state index is 5.25. The van der Waals surface area contributed by atoms with E-state index in [0.29, 0.717) is 18.0 Å². The number of benzene rings is 1. The molecule has 1 fully saturated rings. The van der Waals surface area contributed by atoms with E-state index in [1.165, 1.54) is 5.56 Å². The lowest BCUT2D eigenvalue weighted by molar-refractivity contribution is 0.330. The number of nitrogens with one attached hydrogen (secondary N) is 3. The fourth-order valence-corrected chi connectivity index (χ4v) is 3.61. The van der Waals surface area contributed by atoms with Crippen molar-refractivity contribution in [3.05, 3.63) is 42.0 Å². The van der Waals surface area contributed by atoms with Crippen molar-refractivity contribution in [2.24, 2.45) is 5.92 Å². The van der Waals surface area contributed by atoms with Gasteiger partial charge in [-0.1, -0.05) is 12.1 Å². The highest BCUT2D eigenvalue weighted by Crippen LogP contribution is 2.26. The Kier molecular flexibility index (Phi) is 4.46. The molecule has 0 radical (unpaired) electrons. The maximum Gasteiger partial charge on any atom is 0.138 e. The Morgan fingerprint density at radius 3 is 3.04 bits per heavy atom. The Balaban J connectivity index is 1.35. The molecule has 3 unspecified atom stereocenters. The summed E-state index contributed by atoms with van der Waals surface area (Å²) >= 11 is 0. The lowest BCUT2D eigenvalue weighted by Crippen LogP contribution is -2.41. The lowest BCUT2D eigenvalue weighted by Gasteiger charge is -2.26. The number of fused-ring (bicyclic) bond motifs is 1. The summed E-state index contributed by atoms with van der Waals surface area (Å²) in [6, 6.07) is 9.10. The normalized spacial score (nSPS) is 26.3. The molecular weight excluding hydrogens is 304 g/mol. The van der Waals surface area contributed by atoms with E-state index in [0.717, 1.165) is 44.0 Å². The Bertz CT molecular complexity index is 670. The van der Waals surface area contributed by atoms with Gasteiger partial charge < -0.3 is 10.1 Å². The van der Waals surface area contributed by atoms with Gasteiger partial charge in [0.25, 0.3) is 0 Å². The van der Waals surface area contributed by atoms with Crippen LogP contribution in [0.3, 0.4) is 0 Å². The first-order chi connectivity index (χ1) is 11.8. The summed E-state index contributed by atoms with van der Waals surface area (Å²) in [5.74, 6) is 2.51. The molecular formula is C17H24N6O. The number of nitrogens with zero attached hydrogens (tertiary/aromatic N) is 3. The van der Waals surface area contributed by atoms with Crippen LogP contribution in [0, 0.1) is 5.92 Å². The van der Waals surface area contributed by atoms with E-state index in [-0.39, 0.29) is 0 Å². The van der Waals surface area contributed by atoms with Gasteiger partial charge in [0.15, 0.2) is 0 Å². The highest BCUT2D eigenvalue weighted by atomic mass is 16.5. The van der Waals surface area contributed by atoms with Crippen LogP contribution in [-0.4, -0.2) is 41.0 Å². The molecule has 0 amide bonds. The number of hydrogen-bond acceptors (Lipinski definition) is 6. The molecule has 3 atom stereocenters. The summed E-state index contributed by atoms with van der Waals surface area (Å²) in [7, 11) is 1.70. The van der Waals surface area contributed by atoms with Crippen molar-refractivity contribution in [1.82, 2.24) is 30.9 Å². The van der Waals surface area contributed by atoms with E-state index >= 15 is 0 Å². The zero-order valence-corrected chi connectivity index (χ0v) is 13.9. The standard InChI is InChI=1S/C17H24N6O/c1-24-15-5-2-12(3-6-15)17-13(9-20-22-17)8-18-14-4-7-16-19-11-21-23(16)10-14/h2-3,5-6,11,13-14,17-18,20,22H,4,7-10H2,1H3. The van der Waals surface area contributed by atoms with Crippen molar-refractivity contribution >= 4 is 0 Å². The molecule has 3 heterocycles. The number of hydrogen-bond donors (Lipinski definition) is 3. The molecule has 2 aliphatic heterocycles. The minimum Gasteiger partial charge on any atom is -0.497 e. The van der Waals surface area contributed by atoms with E-state index in [9.17, 15) is 0 Å². The van der Waals surface area contributed by atoms with Crippen LogP contribution in [0.5, 0.6) is 5.75 Å². The summed E-state index contributed by atoms with van der Waals surface area (Å²) < 4.78 is 7.27. The largest absolute Gasteiger partial charge is 0.497 e. The Hall–Kier alpha value is -1.96. The SMILES string of the molecule is COc1ccc(C2NNCC2CNC2CCc3ncnn3C2)cc1. The molecule has 128 valence electrons. The van der Waals surface area contributed by atoms with Crippen LogP contribution in [-0.2, 0) is 13.0 Å². The topological polar surface area (TPSA) is 76.0 Å². The summed E-state index contributed by atoms with van der Waals surface area (Å²) in [5, 5.41) is 8.02. The van der Waals surface area contributed by atoms with Crippen molar-refractivity contribution in [1.29, 1.82) is 0 Å². The van der Waals surface area contributed by atoms with Crippen molar-refractivity contribution < 1.29 is 4.74 Å². The summed E-state index contributed by atoms with van der Waals surface area (Å²) in [5.41, 5.74) is 7.99. The Labute approximate surface area is 141 Å². The number of ether oxygens (including phenoxy) is 1. The average molecular weight is 328 g/mol. The zero-order valence-electron chi connectivity index (χ0n) is 13.9.